The van der Waals surface area contributed by atoms with Crippen molar-refractivity contribution in [2.24, 2.45) is 12.0 Å². The third kappa shape index (κ3) is 4.72. The molecule has 2 aromatic heterocycles. The summed E-state index contributed by atoms with van der Waals surface area (Å²) in [6.07, 6.45) is 1.14. The van der Waals surface area contributed by atoms with E-state index in [4.69, 9.17) is 0 Å². The van der Waals surface area contributed by atoms with Crippen molar-refractivity contribution in [2.75, 3.05) is 13.1 Å². The number of fused-ring (bicyclic) bond motifs is 1. The first-order valence-electron chi connectivity index (χ1n) is 8.73. The fourth-order valence-electron chi connectivity index (χ4n) is 2.54. The predicted molar refractivity (Wildman–Crippen MR) is 110 cm³/mol. The SMILES string of the molecule is C=CCNC(=NCc1nnc(C)n1C)NCC(O)c1cc2ccccc2s1. The second-order valence-electron chi connectivity index (χ2n) is 6.14. The van der Waals surface area contributed by atoms with E-state index in [1.807, 2.05) is 36.7 Å². The fraction of sp³-hybridized carbons (Fsp3) is 0.316. The van der Waals surface area contributed by atoms with Crippen LogP contribution in [0.1, 0.15) is 22.6 Å². The molecule has 0 aliphatic rings. The van der Waals surface area contributed by atoms with Crippen LogP contribution in [-0.4, -0.2) is 38.9 Å². The molecule has 0 saturated carbocycles. The Labute approximate surface area is 162 Å². The second kappa shape index (κ2) is 8.79. The molecule has 1 unspecified atom stereocenters. The number of aliphatic imine (C=N–C) groups is 1. The maximum absolute atomic E-state index is 10.5. The number of hydrogen-bond donors (Lipinski definition) is 3. The van der Waals surface area contributed by atoms with Gasteiger partial charge in [0.2, 0.25) is 0 Å². The molecule has 0 aliphatic carbocycles. The van der Waals surface area contributed by atoms with Gasteiger partial charge in [-0.15, -0.1) is 28.1 Å². The summed E-state index contributed by atoms with van der Waals surface area (Å²) in [7, 11) is 1.91. The first kappa shape index (κ1) is 19.1. The largest absolute Gasteiger partial charge is 0.386 e. The summed E-state index contributed by atoms with van der Waals surface area (Å²) >= 11 is 1.60. The highest BCUT2D eigenvalue weighted by Crippen LogP contribution is 2.29. The number of nitrogens with zero attached hydrogens (tertiary/aromatic N) is 4. The number of aromatic nitrogens is 3. The van der Waals surface area contributed by atoms with Gasteiger partial charge in [0.05, 0.1) is 0 Å². The highest BCUT2D eigenvalue weighted by molar-refractivity contribution is 7.19. The van der Waals surface area contributed by atoms with E-state index in [9.17, 15) is 5.11 Å². The zero-order chi connectivity index (χ0) is 19.2. The van der Waals surface area contributed by atoms with Crippen molar-refractivity contribution in [1.29, 1.82) is 0 Å². The zero-order valence-electron chi connectivity index (χ0n) is 15.5. The molecule has 142 valence electrons. The maximum atomic E-state index is 10.5. The van der Waals surface area contributed by atoms with Crippen LogP contribution in [0.5, 0.6) is 0 Å². The summed E-state index contributed by atoms with van der Waals surface area (Å²) in [5.41, 5.74) is 0. The first-order chi connectivity index (χ1) is 13.1. The van der Waals surface area contributed by atoms with Gasteiger partial charge in [0.25, 0.3) is 0 Å². The van der Waals surface area contributed by atoms with E-state index in [0.29, 0.717) is 25.6 Å². The molecule has 2 heterocycles. The van der Waals surface area contributed by atoms with Crippen LogP contribution in [-0.2, 0) is 13.6 Å². The summed E-state index contributed by atoms with van der Waals surface area (Å²) < 4.78 is 3.07. The number of thiophene rings is 1. The smallest absolute Gasteiger partial charge is 0.192 e. The van der Waals surface area contributed by atoms with Gasteiger partial charge in [-0.3, -0.25) is 0 Å². The predicted octanol–water partition coefficient (Wildman–Crippen LogP) is 2.29. The van der Waals surface area contributed by atoms with Gasteiger partial charge in [-0.1, -0.05) is 24.3 Å². The molecule has 3 N–H and O–H groups in total. The monoisotopic (exact) mass is 384 g/mol. The van der Waals surface area contributed by atoms with E-state index in [-0.39, 0.29) is 0 Å². The Morgan fingerprint density at radius 3 is 2.89 bits per heavy atom. The van der Waals surface area contributed by atoms with E-state index >= 15 is 0 Å². The van der Waals surface area contributed by atoms with Gasteiger partial charge < -0.3 is 20.3 Å². The summed E-state index contributed by atoms with van der Waals surface area (Å²) in [6.45, 7) is 6.93. The Morgan fingerprint density at radius 1 is 1.37 bits per heavy atom. The molecule has 0 bridgehead atoms. The van der Waals surface area contributed by atoms with Crippen LogP contribution in [0, 0.1) is 6.92 Å². The minimum atomic E-state index is -0.616. The molecule has 0 radical (unpaired) electrons. The van der Waals surface area contributed by atoms with Crippen LogP contribution in [0.4, 0.5) is 0 Å². The molecular weight excluding hydrogens is 360 g/mol. The highest BCUT2D eigenvalue weighted by atomic mass is 32.1. The normalized spacial score (nSPS) is 12.9. The lowest BCUT2D eigenvalue weighted by atomic mass is 10.2. The molecule has 7 nitrogen and oxygen atoms in total. The molecule has 0 fully saturated rings. The van der Waals surface area contributed by atoms with Crippen molar-refractivity contribution in [1.82, 2.24) is 25.4 Å². The van der Waals surface area contributed by atoms with Gasteiger partial charge in [-0.05, 0) is 24.4 Å². The first-order valence-corrected chi connectivity index (χ1v) is 9.54. The van der Waals surface area contributed by atoms with Crippen LogP contribution in [0.15, 0.2) is 48.0 Å². The number of rotatable bonds is 7. The lowest BCUT2D eigenvalue weighted by Gasteiger charge is -2.14. The van der Waals surface area contributed by atoms with Crippen molar-refractivity contribution in [2.45, 2.75) is 19.6 Å². The second-order valence-corrected chi connectivity index (χ2v) is 7.26. The quantitative estimate of drug-likeness (QED) is 0.330. The van der Waals surface area contributed by atoms with Crippen LogP contribution < -0.4 is 10.6 Å². The molecular formula is C19H24N6OS. The fourth-order valence-corrected chi connectivity index (χ4v) is 3.59. The average molecular weight is 385 g/mol. The number of nitrogens with one attached hydrogen (secondary N) is 2. The summed E-state index contributed by atoms with van der Waals surface area (Å²) in [4.78, 5) is 5.46. The minimum Gasteiger partial charge on any atom is -0.386 e. The Bertz CT molecular complexity index is 912. The number of aryl methyl sites for hydroxylation is 1. The summed E-state index contributed by atoms with van der Waals surface area (Å²) in [5, 5.41) is 26.2. The van der Waals surface area contributed by atoms with E-state index in [2.05, 4.69) is 44.5 Å². The van der Waals surface area contributed by atoms with E-state index in [1.165, 1.54) is 4.70 Å². The zero-order valence-corrected chi connectivity index (χ0v) is 16.3. The minimum absolute atomic E-state index is 0.355. The molecule has 1 aromatic carbocycles. The standard InChI is InChI=1S/C19H24N6OS/c1-4-9-20-19(22-12-18-24-23-13(2)25(18)3)21-11-15(26)17-10-14-7-5-6-8-16(14)27-17/h4-8,10,15,26H,1,9,11-12H2,2-3H3,(H2,20,21,22). The van der Waals surface area contributed by atoms with Gasteiger partial charge in [0.15, 0.2) is 11.8 Å². The van der Waals surface area contributed by atoms with Crippen LogP contribution in [0.25, 0.3) is 10.1 Å². The van der Waals surface area contributed by atoms with Gasteiger partial charge in [-0.2, -0.15) is 0 Å². The Hall–Kier alpha value is -2.71. The van der Waals surface area contributed by atoms with Gasteiger partial charge >= 0.3 is 0 Å². The van der Waals surface area contributed by atoms with Gasteiger partial charge in [0, 0.05) is 29.7 Å². The molecule has 27 heavy (non-hydrogen) atoms. The lowest BCUT2D eigenvalue weighted by molar-refractivity contribution is 0.184. The number of aliphatic hydroxyl groups excluding tert-OH is 1. The number of guanidine groups is 1. The summed E-state index contributed by atoms with van der Waals surface area (Å²) in [5.74, 6) is 2.21. The van der Waals surface area contributed by atoms with Crippen molar-refractivity contribution in [3.63, 3.8) is 0 Å². The highest BCUT2D eigenvalue weighted by Gasteiger charge is 2.12. The molecule has 1 atom stereocenters. The average Bonchev–Trinajstić information content (AvgIpc) is 3.25. The Balaban J connectivity index is 1.65. The van der Waals surface area contributed by atoms with Crippen molar-refractivity contribution in [3.8, 4) is 0 Å². The lowest BCUT2D eigenvalue weighted by Crippen LogP contribution is -2.39. The third-order valence-corrected chi connectivity index (χ3v) is 5.43. The van der Waals surface area contributed by atoms with Crippen LogP contribution in [0.3, 0.4) is 0 Å². The number of aliphatic hydroxyl groups is 1. The Kier molecular flexibility index (Phi) is 6.20. The number of benzene rings is 1. The van der Waals surface area contributed by atoms with E-state index < -0.39 is 6.10 Å². The van der Waals surface area contributed by atoms with Crippen molar-refractivity contribution < 1.29 is 5.11 Å². The van der Waals surface area contributed by atoms with E-state index in [0.717, 1.165) is 21.9 Å². The summed E-state index contributed by atoms with van der Waals surface area (Å²) in [6, 6.07) is 10.2. The molecule has 0 saturated heterocycles. The number of hydrogen-bond acceptors (Lipinski definition) is 5. The molecule has 0 aliphatic heterocycles. The van der Waals surface area contributed by atoms with E-state index in [1.54, 1.807) is 17.4 Å². The van der Waals surface area contributed by atoms with Crippen LogP contribution >= 0.6 is 11.3 Å². The molecule has 3 aromatic rings. The van der Waals surface area contributed by atoms with Gasteiger partial charge in [0.1, 0.15) is 18.5 Å². The maximum Gasteiger partial charge on any atom is 0.192 e. The van der Waals surface area contributed by atoms with Crippen LogP contribution in [0.2, 0.25) is 0 Å². The Morgan fingerprint density at radius 2 is 2.19 bits per heavy atom. The van der Waals surface area contributed by atoms with Crippen molar-refractivity contribution in [3.05, 3.63) is 59.5 Å². The van der Waals surface area contributed by atoms with Gasteiger partial charge in [-0.25, -0.2) is 4.99 Å². The topological polar surface area (TPSA) is 87.4 Å². The third-order valence-electron chi connectivity index (χ3n) is 4.21. The molecule has 8 heteroatoms. The molecule has 3 rings (SSSR count). The molecule has 0 spiro atoms. The van der Waals surface area contributed by atoms with Crippen molar-refractivity contribution >= 4 is 27.4 Å². The molecule has 0 amide bonds.